The first kappa shape index (κ1) is 12.4. The molecule has 2 fully saturated rings. The van der Waals surface area contributed by atoms with Crippen LogP contribution in [0, 0.1) is 0 Å². The highest BCUT2D eigenvalue weighted by Crippen LogP contribution is 2.07. The van der Waals surface area contributed by atoms with Gasteiger partial charge in [0.15, 0.2) is 0 Å². The van der Waals surface area contributed by atoms with Gasteiger partial charge in [-0.25, -0.2) is 0 Å². The molecule has 2 saturated heterocycles. The zero-order valence-corrected chi connectivity index (χ0v) is 8.98. The smallest absolute Gasteiger partial charge is 0.302 e. The van der Waals surface area contributed by atoms with E-state index < -0.39 is 0 Å². The van der Waals surface area contributed by atoms with Gasteiger partial charge in [-0.3, -0.25) is 4.79 Å². The van der Waals surface area contributed by atoms with Gasteiger partial charge >= 0.3 is 5.97 Å². The number of ether oxygens (including phenoxy) is 3. The third-order valence-corrected chi connectivity index (χ3v) is 2.13. The predicted octanol–water partition coefficient (Wildman–Crippen LogP) is 0.106. The number of hydrogen-bond acceptors (Lipinski definition) is 5. The van der Waals surface area contributed by atoms with Crippen molar-refractivity contribution >= 4 is 5.97 Å². The topological polar surface area (TPSA) is 65.0 Å². The highest BCUT2D eigenvalue weighted by molar-refractivity contribution is 5.66. The third-order valence-electron chi connectivity index (χ3n) is 2.13. The van der Waals surface area contributed by atoms with Crippen LogP contribution in [0.3, 0.4) is 0 Å². The number of aliphatic hydroxyl groups is 1. The Balaban J connectivity index is 0.000000162. The summed E-state index contributed by atoms with van der Waals surface area (Å²) >= 11 is 0. The highest BCUT2D eigenvalue weighted by atomic mass is 16.6. The number of aliphatic hydroxyl groups excluding tert-OH is 1. The number of carbonyl (C=O) groups is 1. The molecule has 88 valence electrons. The molecule has 0 aliphatic carbocycles. The molecule has 0 aromatic rings. The summed E-state index contributed by atoms with van der Waals surface area (Å²) in [6.45, 7) is 3.98. The van der Waals surface area contributed by atoms with Crippen LogP contribution in [0.1, 0.15) is 19.8 Å². The van der Waals surface area contributed by atoms with E-state index >= 15 is 0 Å². The van der Waals surface area contributed by atoms with Gasteiger partial charge in [-0.2, -0.15) is 0 Å². The van der Waals surface area contributed by atoms with Crippen molar-refractivity contribution in [3.63, 3.8) is 0 Å². The first-order valence-electron chi connectivity index (χ1n) is 5.19. The molecule has 0 spiro atoms. The van der Waals surface area contributed by atoms with Crippen molar-refractivity contribution in [3.8, 4) is 0 Å². The van der Waals surface area contributed by atoms with E-state index in [1.54, 1.807) is 0 Å². The molecule has 1 N–H and O–H groups in total. The Morgan fingerprint density at radius 2 is 1.93 bits per heavy atom. The molecule has 0 radical (unpaired) electrons. The van der Waals surface area contributed by atoms with Crippen LogP contribution in [0.2, 0.25) is 0 Å². The van der Waals surface area contributed by atoms with Crippen molar-refractivity contribution in [2.45, 2.75) is 32.0 Å². The van der Waals surface area contributed by atoms with E-state index in [2.05, 4.69) is 0 Å². The lowest BCUT2D eigenvalue weighted by atomic mass is 10.3. The predicted molar refractivity (Wildman–Crippen MR) is 52.4 cm³/mol. The summed E-state index contributed by atoms with van der Waals surface area (Å²) in [7, 11) is 0. The molecule has 0 bridgehead atoms. The van der Waals surface area contributed by atoms with Crippen LogP contribution in [0.5, 0.6) is 0 Å². The molecule has 5 heteroatoms. The minimum absolute atomic E-state index is 0.0162. The van der Waals surface area contributed by atoms with E-state index in [1.165, 1.54) is 6.92 Å². The van der Waals surface area contributed by atoms with E-state index in [9.17, 15) is 4.79 Å². The molecule has 0 amide bonds. The molecule has 0 aromatic carbocycles. The van der Waals surface area contributed by atoms with Crippen LogP contribution in [0.25, 0.3) is 0 Å². The van der Waals surface area contributed by atoms with Crippen molar-refractivity contribution in [1.29, 1.82) is 0 Å². The van der Waals surface area contributed by atoms with Crippen molar-refractivity contribution in [1.82, 2.24) is 0 Å². The first-order chi connectivity index (χ1) is 7.18. The van der Waals surface area contributed by atoms with Gasteiger partial charge < -0.3 is 19.3 Å². The largest absolute Gasteiger partial charge is 0.460 e. The average Bonchev–Trinajstić information content (AvgIpc) is 2.78. The minimum atomic E-state index is -0.217. The molecule has 2 aliphatic heterocycles. The average molecular weight is 218 g/mol. The van der Waals surface area contributed by atoms with Gasteiger partial charge in [0, 0.05) is 20.0 Å². The Hall–Kier alpha value is -0.650. The van der Waals surface area contributed by atoms with Crippen LogP contribution >= 0.6 is 0 Å². The number of carbonyl (C=O) groups excluding carboxylic acids is 1. The van der Waals surface area contributed by atoms with Gasteiger partial charge in [0.05, 0.1) is 25.9 Å². The van der Waals surface area contributed by atoms with E-state index in [1.807, 2.05) is 0 Å². The summed E-state index contributed by atoms with van der Waals surface area (Å²) in [6.07, 6.45) is 1.51. The number of esters is 1. The van der Waals surface area contributed by atoms with Crippen LogP contribution in [0.4, 0.5) is 0 Å². The molecule has 2 heterocycles. The second kappa shape index (κ2) is 6.76. The molecule has 5 nitrogen and oxygen atoms in total. The zero-order chi connectivity index (χ0) is 11.1. The molecule has 2 atom stereocenters. The molecular weight excluding hydrogens is 200 g/mol. The summed E-state index contributed by atoms with van der Waals surface area (Å²) < 4.78 is 14.6. The van der Waals surface area contributed by atoms with E-state index in [4.69, 9.17) is 19.3 Å². The maximum absolute atomic E-state index is 10.3. The second-order valence-corrected chi connectivity index (χ2v) is 3.61. The molecule has 0 aromatic heterocycles. The molecule has 2 aliphatic rings. The van der Waals surface area contributed by atoms with Crippen molar-refractivity contribution in [2.24, 2.45) is 0 Å². The Labute approximate surface area is 89.3 Å². The molecule has 15 heavy (non-hydrogen) atoms. The van der Waals surface area contributed by atoms with Gasteiger partial charge in [-0.1, -0.05) is 0 Å². The number of rotatable bonds is 1. The maximum atomic E-state index is 10.3. The Kier molecular flexibility index (Phi) is 5.60. The lowest BCUT2D eigenvalue weighted by Crippen LogP contribution is -2.15. The lowest BCUT2D eigenvalue weighted by molar-refractivity contribution is -0.146. The quantitative estimate of drug-likeness (QED) is 0.633. The van der Waals surface area contributed by atoms with E-state index in [0.29, 0.717) is 13.2 Å². The van der Waals surface area contributed by atoms with Crippen LogP contribution in [-0.4, -0.2) is 49.7 Å². The Bertz CT molecular complexity index is 182. The summed E-state index contributed by atoms with van der Waals surface area (Å²) in [6, 6.07) is 0. The second-order valence-electron chi connectivity index (χ2n) is 3.61. The minimum Gasteiger partial charge on any atom is -0.460 e. The molecule has 0 saturated carbocycles. The lowest BCUT2D eigenvalue weighted by Gasteiger charge is -2.05. The fourth-order valence-electron chi connectivity index (χ4n) is 1.36. The first-order valence-corrected chi connectivity index (χ1v) is 5.19. The number of hydrogen-bond donors (Lipinski definition) is 1. The van der Waals surface area contributed by atoms with Gasteiger partial charge in [-0.15, -0.1) is 0 Å². The van der Waals surface area contributed by atoms with Gasteiger partial charge in [-0.05, 0) is 6.42 Å². The van der Waals surface area contributed by atoms with Crippen LogP contribution in [-0.2, 0) is 19.0 Å². The third kappa shape index (κ3) is 5.71. The Morgan fingerprint density at radius 3 is 2.27 bits per heavy atom. The summed E-state index contributed by atoms with van der Waals surface area (Å²) in [5, 5.41) is 8.60. The summed E-state index contributed by atoms with van der Waals surface area (Å²) in [5.74, 6) is -0.217. The van der Waals surface area contributed by atoms with Crippen LogP contribution < -0.4 is 0 Å². The zero-order valence-electron chi connectivity index (χ0n) is 8.98. The normalized spacial score (nSPS) is 29.5. The van der Waals surface area contributed by atoms with E-state index in [-0.39, 0.29) is 18.2 Å². The highest BCUT2D eigenvalue weighted by Gasteiger charge is 2.17. The standard InChI is InChI=1S/C6H10O3.C4H8O2/c1-5(7)9-6-2-3-8-4-6;5-4-1-2-6-3-4/h6H,2-4H2,1H3;4-5H,1-3H2/t6-;4-/m11/s1. The van der Waals surface area contributed by atoms with Crippen LogP contribution in [0.15, 0.2) is 0 Å². The molecular formula is C10H18O5. The van der Waals surface area contributed by atoms with Crippen molar-refractivity contribution in [3.05, 3.63) is 0 Å². The fraction of sp³-hybridized carbons (Fsp3) is 0.900. The monoisotopic (exact) mass is 218 g/mol. The van der Waals surface area contributed by atoms with E-state index in [0.717, 1.165) is 26.1 Å². The summed E-state index contributed by atoms with van der Waals surface area (Å²) in [5.41, 5.74) is 0. The fourth-order valence-corrected chi connectivity index (χ4v) is 1.36. The SMILES string of the molecule is CC(=O)O[C@@H]1CCOC1.O[C@@H]1CCOC1. The molecule has 0 unspecified atom stereocenters. The van der Waals surface area contributed by atoms with Gasteiger partial charge in [0.2, 0.25) is 0 Å². The molecule has 2 rings (SSSR count). The Morgan fingerprint density at radius 1 is 1.27 bits per heavy atom. The van der Waals surface area contributed by atoms with Gasteiger partial charge in [0.25, 0.3) is 0 Å². The maximum Gasteiger partial charge on any atom is 0.302 e. The van der Waals surface area contributed by atoms with Crippen molar-refractivity contribution < 1.29 is 24.1 Å². The van der Waals surface area contributed by atoms with Gasteiger partial charge in [0.1, 0.15) is 6.10 Å². The van der Waals surface area contributed by atoms with Crippen molar-refractivity contribution in [2.75, 3.05) is 26.4 Å². The summed E-state index contributed by atoms with van der Waals surface area (Å²) in [4.78, 5) is 10.3.